The van der Waals surface area contributed by atoms with Gasteiger partial charge in [-0.3, -0.25) is 0 Å². The Morgan fingerprint density at radius 3 is 2.47 bits per heavy atom. The first-order valence-corrected chi connectivity index (χ1v) is 5.17. The van der Waals surface area contributed by atoms with Crippen molar-refractivity contribution in [3.8, 4) is 0 Å². The second-order valence-electron chi connectivity index (χ2n) is 3.06. The molecule has 0 aliphatic rings. The average Bonchev–Trinajstić information content (AvgIpc) is 2.24. The van der Waals surface area contributed by atoms with Crippen molar-refractivity contribution >= 4 is 17.2 Å². The summed E-state index contributed by atoms with van der Waals surface area (Å²) in [6.45, 7) is 2.00. The molecule has 0 amide bonds. The summed E-state index contributed by atoms with van der Waals surface area (Å²) in [6, 6.07) is 10.0. The molecule has 1 aromatic carbocycles. The van der Waals surface area contributed by atoms with Crippen molar-refractivity contribution in [1.29, 1.82) is 0 Å². The van der Waals surface area contributed by atoms with Crippen LogP contribution in [0.5, 0.6) is 0 Å². The monoisotopic (exact) mass is 225 g/mol. The Morgan fingerprint density at radius 1 is 1.13 bits per heavy atom. The van der Waals surface area contributed by atoms with Crippen LogP contribution in [-0.2, 0) is 16.1 Å². The van der Waals surface area contributed by atoms with Gasteiger partial charge in [0.25, 0.3) is 0 Å². The molecule has 4 heteroatoms. The summed E-state index contributed by atoms with van der Waals surface area (Å²) in [5.41, 5.74) is 6.42. The lowest BCUT2D eigenvalue weighted by Crippen LogP contribution is -2.17. The van der Waals surface area contributed by atoms with E-state index in [4.69, 9.17) is 15.2 Å². The SMILES string of the molecule is NC(=S)COCCOCc1ccccc1. The number of thiocarbonyl (C=S) groups is 1. The molecule has 0 fully saturated rings. The van der Waals surface area contributed by atoms with Crippen molar-refractivity contribution in [2.45, 2.75) is 6.61 Å². The minimum Gasteiger partial charge on any atom is -0.391 e. The van der Waals surface area contributed by atoms with Crippen molar-refractivity contribution in [2.75, 3.05) is 19.8 Å². The van der Waals surface area contributed by atoms with Gasteiger partial charge in [-0.05, 0) is 5.56 Å². The van der Waals surface area contributed by atoms with Crippen LogP contribution in [0.3, 0.4) is 0 Å². The highest BCUT2D eigenvalue weighted by Gasteiger charge is 1.93. The molecule has 15 heavy (non-hydrogen) atoms. The third-order valence-corrected chi connectivity index (χ3v) is 1.85. The van der Waals surface area contributed by atoms with E-state index in [1.165, 1.54) is 0 Å². The number of ether oxygens (including phenoxy) is 2. The predicted molar refractivity (Wildman–Crippen MR) is 63.7 cm³/mol. The molecule has 82 valence electrons. The first-order chi connectivity index (χ1) is 7.29. The van der Waals surface area contributed by atoms with Gasteiger partial charge in [0.15, 0.2) is 0 Å². The molecule has 0 aliphatic heterocycles. The molecular weight excluding hydrogens is 210 g/mol. The minimum atomic E-state index is 0.323. The average molecular weight is 225 g/mol. The van der Waals surface area contributed by atoms with Gasteiger partial charge in [-0.15, -0.1) is 0 Å². The second-order valence-corrected chi connectivity index (χ2v) is 3.58. The molecule has 2 N–H and O–H groups in total. The molecule has 0 atom stereocenters. The molecule has 0 bridgehead atoms. The van der Waals surface area contributed by atoms with Gasteiger partial charge >= 0.3 is 0 Å². The first-order valence-electron chi connectivity index (χ1n) is 4.77. The van der Waals surface area contributed by atoms with Crippen LogP contribution in [0.1, 0.15) is 5.56 Å². The summed E-state index contributed by atoms with van der Waals surface area (Å²) >= 11 is 4.66. The normalized spacial score (nSPS) is 10.1. The van der Waals surface area contributed by atoms with Crippen LogP contribution in [0.25, 0.3) is 0 Å². The maximum absolute atomic E-state index is 5.39. The van der Waals surface area contributed by atoms with Crippen molar-refractivity contribution in [3.05, 3.63) is 35.9 Å². The molecule has 1 rings (SSSR count). The predicted octanol–water partition coefficient (Wildman–Crippen LogP) is 1.51. The molecule has 0 saturated carbocycles. The Bertz CT molecular complexity index is 290. The smallest absolute Gasteiger partial charge is 0.0989 e. The van der Waals surface area contributed by atoms with E-state index in [9.17, 15) is 0 Å². The Balaban J connectivity index is 2.00. The van der Waals surface area contributed by atoms with Crippen LogP contribution < -0.4 is 5.73 Å². The van der Waals surface area contributed by atoms with Crippen LogP contribution in [0.4, 0.5) is 0 Å². The van der Waals surface area contributed by atoms with E-state index >= 15 is 0 Å². The highest BCUT2D eigenvalue weighted by Crippen LogP contribution is 1.99. The highest BCUT2D eigenvalue weighted by atomic mass is 32.1. The van der Waals surface area contributed by atoms with Crippen molar-refractivity contribution in [3.63, 3.8) is 0 Å². The Hall–Kier alpha value is -0.970. The maximum Gasteiger partial charge on any atom is 0.0989 e. The number of nitrogens with two attached hydrogens (primary N) is 1. The lowest BCUT2D eigenvalue weighted by Gasteiger charge is -2.04. The van der Waals surface area contributed by atoms with E-state index in [2.05, 4.69) is 12.2 Å². The quantitative estimate of drug-likeness (QED) is 0.564. The van der Waals surface area contributed by atoms with Crippen LogP contribution in [-0.4, -0.2) is 24.8 Å². The van der Waals surface area contributed by atoms with Gasteiger partial charge in [-0.2, -0.15) is 0 Å². The molecule has 1 aromatic rings. The van der Waals surface area contributed by atoms with Crippen LogP contribution in [0.15, 0.2) is 30.3 Å². The molecule has 0 saturated heterocycles. The fourth-order valence-corrected chi connectivity index (χ4v) is 1.14. The van der Waals surface area contributed by atoms with Gasteiger partial charge in [0.2, 0.25) is 0 Å². The Kier molecular flexibility index (Phi) is 5.92. The fourth-order valence-electron chi connectivity index (χ4n) is 1.05. The molecule has 0 spiro atoms. The van der Waals surface area contributed by atoms with E-state index in [0.717, 1.165) is 5.56 Å². The first kappa shape index (κ1) is 12.1. The zero-order valence-corrected chi connectivity index (χ0v) is 9.33. The topological polar surface area (TPSA) is 44.5 Å². The lowest BCUT2D eigenvalue weighted by molar-refractivity contribution is 0.0537. The Morgan fingerprint density at radius 2 is 1.80 bits per heavy atom. The van der Waals surface area contributed by atoms with E-state index in [1.807, 2.05) is 30.3 Å². The summed E-state index contributed by atoms with van der Waals surface area (Å²) in [4.78, 5) is 0.373. The third-order valence-electron chi connectivity index (χ3n) is 1.73. The molecule has 0 aromatic heterocycles. The molecule has 0 aliphatic carbocycles. The van der Waals surface area contributed by atoms with Gasteiger partial charge in [0.1, 0.15) is 0 Å². The third kappa shape index (κ3) is 6.17. The van der Waals surface area contributed by atoms with Crippen molar-refractivity contribution < 1.29 is 9.47 Å². The van der Waals surface area contributed by atoms with E-state index in [1.54, 1.807) is 0 Å². The largest absolute Gasteiger partial charge is 0.391 e. The number of benzene rings is 1. The lowest BCUT2D eigenvalue weighted by atomic mass is 10.2. The van der Waals surface area contributed by atoms with Crippen LogP contribution in [0, 0.1) is 0 Å². The van der Waals surface area contributed by atoms with Crippen LogP contribution in [0.2, 0.25) is 0 Å². The van der Waals surface area contributed by atoms with E-state index < -0.39 is 0 Å². The van der Waals surface area contributed by atoms with Gasteiger partial charge in [-0.1, -0.05) is 42.5 Å². The zero-order valence-electron chi connectivity index (χ0n) is 8.52. The van der Waals surface area contributed by atoms with Gasteiger partial charge in [0.05, 0.1) is 31.4 Å². The minimum absolute atomic E-state index is 0.323. The summed E-state index contributed by atoms with van der Waals surface area (Å²) in [5, 5.41) is 0. The summed E-state index contributed by atoms with van der Waals surface area (Å²) < 4.78 is 10.5. The Labute approximate surface area is 95.2 Å². The van der Waals surface area contributed by atoms with Gasteiger partial charge in [-0.25, -0.2) is 0 Å². The van der Waals surface area contributed by atoms with Gasteiger partial charge in [0, 0.05) is 0 Å². The number of hydrogen-bond acceptors (Lipinski definition) is 3. The molecule has 0 radical (unpaired) electrons. The summed E-state index contributed by atoms with van der Waals surface area (Å²) in [7, 11) is 0. The maximum atomic E-state index is 5.39. The number of rotatable bonds is 7. The molecular formula is C11H15NO2S. The highest BCUT2D eigenvalue weighted by molar-refractivity contribution is 7.80. The summed E-state index contributed by atoms with van der Waals surface area (Å²) in [6.07, 6.45) is 0. The molecule has 0 unspecified atom stereocenters. The van der Waals surface area contributed by atoms with E-state index in [-0.39, 0.29) is 0 Å². The van der Waals surface area contributed by atoms with Gasteiger partial charge < -0.3 is 15.2 Å². The van der Waals surface area contributed by atoms with Crippen LogP contribution >= 0.6 is 12.2 Å². The van der Waals surface area contributed by atoms with Crippen molar-refractivity contribution in [2.24, 2.45) is 5.73 Å². The van der Waals surface area contributed by atoms with E-state index in [0.29, 0.717) is 31.4 Å². The summed E-state index contributed by atoms with van der Waals surface area (Å²) in [5.74, 6) is 0. The molecule has 0 heterocycles. The second kappa shape index (κ2) is 7.34. The molecule has 3 nitrogen and oxygen atoms in total. The fraction of sp³-hybridized carbons (Fsp3) is 0.364. The van der Waals surface area contributed by atoms with Crippen molar-refractivity contribution in [1.82, 2.24) is 0 Å². The zero-order chi connectivity index (χ0) is 10.9. The standard InChI is InChI=1S/C11H15NO2S/c12-11(15)9-14-7-6-13-8-10-4-2-1-3-5-10/h1-5H,6-9H2,(H2,12,15). The number of hydrogen-bond donors (Lipinski definition) is 1.